The van der Waals surface area contributed by atoms with E-state index in [4.69, 9.17) is 28.8 Å². The monoisotopic (exact) mass is 482 g/mol. The van der Waals surface area contributed by atoms with Crippen LogP contribution in [0.5, 0.6) is 23.0 Å². The Labute approximate surface area is 207 Å². The van der Waals surface area contributed by atoms with Gasteiger partial charge >= 0.3 is 5.97 Å². The molecular formula is C28H22N2O6. The summed E-state index contributed by atoms with van der Waals surface area (Å²) in [7, 11) is 0. The summed E-state index contributed by atoms with van der Waals surface area (Å²) in [5.41, 5.74) is 4.03. The number of esters is 1. The van der Waals surface area contributed by atoms with E-state index in [1.165, 1.54) is 6.08 Å². The summed E-state index contributed by atoms with van der Waals surface area (Å²) in [6.07, 6.45) is 4.99. The van der Waals surface area contributed by atoms with Crippen LogP contribution in [0.25, 0.3) is 23.0 Å². The largest absolute Gasteiger partial charge is 0.486 e. The van der Waals surface area contributed by atoms with Crippen molar-refractivity contribution in [3.8, 4) is 39.9 Å². The Morgan fingerprint density at radius 3 is 2.53 bits per heavy atom. The maximum Gasteiger partial charge on any atom is 0.331 e. The highest BCUT2D eigenvalue weighted by Gasteiger charge is 2.17. The van der Waals surface area contributed by atoms with Gasteiger partial charge in [0.25, 0.3) is 0 Å². The van der Waals surface area contributed by atoms with Gasteiger partial charge in [0, 0.05) is 23.4 Å². The molecule has 0 spiro atoms. The fourth-order valence-electron chi connectivity index (χ4n) is 4.03. The Bertz CT molecular complexity index is 1440. The fourth-order valence-corrected chi connectivity index (χ4v) is 4.03. The highest BCUT2D eigenvalue weighted by atomic mass is 16.7. The van der Waals surface area contributed by atoms with Crippen molar-refractivity contribution in [2.24, 2.45) is 0 Å². The molecule has 2 aliphatic heterocycles. The van der Waals surface area contributed by atoms with Gasteiger partial charge in [-0.05, 0) is 54.1 Å². The van der Waals surface area contributed by atoms with Crippen molar-refractivity contribution in [3.05, 3.63) is 90.1 Å². The number of para-hydroxylation sites is 1. The second-order valence-corrected chi connectivity index (χ2v) is 8.20. The lowest BCUT2D eigenvalue weighted by atomic mass is 10.1. The van der Waals surface area contributed by atoms with E-state index >= 15 is 0 Å². The zero-order valence-corrected chi connectivity index (χ0v) is 19.3. The summed E-state index contributed by atoms with van der Waals surface area (Å²) in [5, 5.41) is 4.80. The minimum Gasteiger partial charge on any atom is -0.486 e. The molecule has 0 saturated heterocycles. The molecule has 0 unspecified atom stereocenters. The summed E-state index contributed by atoms with van der Waals surface area (Å²) in [5.74, 6) is 2.25. The first-order valence-electron chi connectivity index (χ1n) is 11.5. The molecule has 0 saturated carbocycles. The maximum absolute atomic E-state index is 12.5. The number of benzene rings is 3. The van der Waals surface area contributed by atoms with Gasteiger partial charge in [0.2, 0.25) is 6.79 Å². The normalized spacial score (nSPS) is 13.7. The molecule has 1 aromatic heterocycles. The average molecular weight is 482 g/mol. The van der Waals surface area contributed by atoms with Crippen LogP contribution in [-0.4, -0.2) is 35.8 Å². The minimum atomic E-state index is -0.465. The second kappa shape index (κ2) is 9.50. The van der Waals surface area contributed by atoms with Crippen LogP contribution in [-0.2, 0) is 16.1 Å². The summed E-state index contributed by atoms with van der Waals surface area (Å²) in [4.78, 5) is 12.5. The number of hydrogen-bond acceptors (Lipinski definition) is 7. The average Bonchev–Trinajstić information content (AvgIpc) is 3.58. The minimum absolute atomic E-state index is 0.123. The van der Waals surface area contributed by atoms with E-state index in [2.05, 4.69) is 0 Å². The predicted octanol–water partition coefficient (Wildman–Crippen LogP) is 4.80. The van der Waals surface area contributed by atoms with Crippen molar-refractivity contribution >= 4 is 12.0 Å². The molecule has 8 nitrogen and oxygen atoms in total. The first kappa shape index (κ1) is 21.8. The summed E-state index contributed by atoms with van der Waals surface area (Å²) in [6, 6.07) is 20.9. The van der Waals surface area contributed by atoms with Crippen molar-refractivity contribution in [2.45, 2.75) is 6.61 Å². The summed E-state index contributed by atoms with van der Waals surface area (Å²) < 4.78 is 29.3. The molecule has 0 atom stereocenters. The topological polar surface area (TPSA) is 81.0 Å². The molecule has 0 aliphatic carbocycles. The highest BCUT2D eigenvalue weighted by molar-refractivity contribution is 5.89. The number of aromatic nitrogens is 2. The van der Waals surface area contributed by atoms with E-state index < -0.39 is 5.97 Å². The highest BCUT2D eigenvalue weighted by Crippen LogP contribution is 2.36. The van der Waals surface area contributed by atoms with Crippen LogP contribution in [0, 0.1) is 0 Å². The molecule has 0 amide bonds. The summed E-state index contributed by atoms with van der Waals surface area (Å²) >= 11 is 0. The third-order valence-corrected chi connectivity index (χ3v) is 5.80. The number of rotatable bonds is 6. The third kappa shape index (κ3) is 4.48. The van der Waals surface area contributed by atoms with E-state index in [1.807, 2.05) is 66.9 Å². The lowest BCUT2D eigenvalue weighted by Crippen LogP contribution is -2.15. The molecule has 0 fully saturated rings. The van der Waals surface area contributed by atoms with E-state index in [-0.39, 0.29) is 13.4 Å². The number of fused-ring (bicyclic) bond motifs is 2. The number of carbonyl (C=O) groups excluding carboxylic acids is 1. The molecule has 4 aromatic rings. The standard InChI is InChI=1S/C28H22N2O6/c31-27(34-17-19-6-9-24-25(14-19)36-18-35-24)11-8-21-16-30(22-4-2-1-3-5-22)29-28(21)20-7-10-23-26(15-20)33-13-12-32-23/h1-11,14-16H,12-13,17-18H2/b11-8+. The molecule has 180 valence electrons. The molecule has 0 radical (unpaired) electrons. The van der Waals surface area contributed by atoms with Crippen molar-refractivity contribution in [2.75, 3.05) is 20.0 Å². The van der Waals surface area contributed by atoms with Crippen molar-refractivity contribution < 1.29 is 28.5 Å². The zero-order valence-electron chi connectivity index (χ0n) is 19.3. The zero-order chi connectivity index (χ0) is 24.3. The molecule has 0 N–H and O–H groups in total. The first-order chi connectivity index (χ1) is 17.7. The van der Waals surface area contributed by atoms with Gasteiger partial charge < -0.3 is 23.7 Å². The van der Waals surface area contributed by atoms with Crippen LogP contribution in [0.15, 0.2) is 79.0 Å². The predicted molar refractivity (Wildman–Crippen MR) is 131 cm³/mol. The molecule has 2 aliphatic rings. The van der Waals surface area contributed by atoms with E-state index in [0.717, 1.165) is 22.4 Å². The van der Waals surface area contributed by atoms with Crippen LogP contribution < -0.4 is 18.9 Å². The van der Waals surface area contributed by atoms with Crippen LogP contribution in [0.3, 0.4) is 0 Å². The number of hydrogen-bond donors (Lipinski definition) is 0. The van der Waals surface area contributed by atoms with Gasteiger partial charge in [-0.1, -0.05) is 24.3 Å². The molecule has 36 heavy (non-hydrogen) atoms. The number of nitrogens with zero attached hydrogens (tertiary/aromatic N) is 2. The van der Waals surface area contributed by atoms with Crippen LogP contribution in [0.4, 0.5) is 0 Å². The van der Waals surface area contributed by atoms with E-state index in [0.29, 0.717) is 41.9 Å². The van der Waals surface area contributed by atoms with Crippen molar-refractivity contribution in [3.63, 3.8) is 0 Å². The summed E-state index contributed by atoms with van der Waals surface area (Å²) in [6.45, 7) is 1.34. The maximum atomic E-state index is 12.5. The van der Waals surface area contributed by atoms with Gasteiger partial charge in [0.05, 0.1) is 5.69 Å². The van der Waals surface area contributed by atoms with Crippen LogP contribution >= 0.6 is 0 Å². The first-order valence-corrected chi connectivity index (χ1v) is 11.5. The Hall–Kier alpha value is -4.72. The smallest absolute Gasteiger partial charge is 0.331 e. The second-order valence-electron chi connectivity index (χ2n) is 8.20. The Morgan fingerprint density at radius 1 is 0.889 bits per heavy atom. The fraction of sp³-hybridized carbons (Fsp3) is 0.143. The van der Waals surface area contributed by atoms with Gasteiger partial charge in [-0.15, -0.1) is 0 Å². The van der Waals surface area contributed by atoms with Crippen molar-refractivity contribution in [1.29, 1.82) is 0 Å². The van der Waals surface area contributed by atoms with Crippen molar-refractivity contribution in [1.82, 2.24) is 9.78 Å². The SMILES string of the molecule is O=C(/C=C/c1cn(-c2ccccc2)nc1-c1ccc2c(c1)OCCO2)OCc1ccc2c(c1)OCO2. The van der Waals surface area contributed by atoms with Crippen LogP contribution in [0.1, 0.15) is 11.1 Å². The molecular weight excluding hydrogens is 460 g/mol. The molecule has 0 bridgehead atoms. The third-order valence-electron chi connectivity index (χ3n) is 5.80. The molecule has 6 rings (SSSR count). The lowest BCUT2D eigenvalue weighted by Gasteiger charge is -2.18. The number of ether oxygens (including phenoxy) is 5. The lowest BCUT2D eigenvalue weighted by molar-refractivity contribution is -0.138. The van der Waals surface area contributed by atoms with Gasteiger partial charge in [-0.25, -0.2) is 9.48 Å². The molecule has 3 heterocycles. The molecule has 8 heteroatoms. The van der Waals surface area contributed by atoms with Gasteiger partial charge in [0.15, 0.2) is 23.0 Å². The van der Waals surface area contributed by atoms with Gasteiger partial charge in [0.1, 0.15) is 25.5 Å². The van der Waals surface area contributed by atoms with Crippen LogP contribution in [0.2, 0.25) is 0 Å². The van der Waals surface area contributed by atoms with Gasteiger partial charge in [-0.2, -0.15) is 5.10 Å². The number of carbonyl (C=O) groups is 1. The Balaban J connectivity index is 1.24. The molecule has 3 aromatic carbocycles. The van der Waals surface area contributed by atoms with E-state index in [1.54, 1.807) is 16.8 Å². The van der Waals surface area contributed by atoms with Gasteiger partial charge in [-0.3, -0.25) is 0 Å². The quantitative estimate of drug-likeness (QED) is 0.289. The van der Waals surface area contributed by atoms with E-state index in [9.17, 15) is 4.79 Å². The Kier molecular flexibility index (Phi) is 5.75. The Morgan fingerprint density at radius 2 is 1.64 bits per heavy atom.